The Balaban J connectivity index is 2.99. The van der Waals surface area contributed by atoms with Crippen LogP contribution in [-0.2, 0) is 6.54 Å². The highest BCUT2D eigenvalue weighted by molar-refractivity contribution is 5.89. The molecular weight excluding hydrogens is 245 g/mol. The van der Waals surface area contributed by atoms with Gasteiger partial charge in [0.15, 0.2) is 0 Å². The van der Waals surface area contributed by atoms with Gasteiger partial charge in [-0.1, -0.05) is 20.8 Å². The van der Waals surface area contributed by atoms with Crippen LogP contribution in [-0.4, -0.2) is 29.1 Å². The largest absolute Gasteiger partial charge is 0.478 e. The number of carboxylic acids is 1. The van der Waals surface area contributed by atoms with E-state index in [1.54, 1.807) is 0 Å². The van der Waals surface area contributed by atoms with Crippen LogP contribution in [0, 0.1) is 11.2 Å². The van der Waals surface area contributed by atoms with Crippen molar-refractivity contribution < 1.29 is 14.3 Å². The summed E-state index contributed by atoms with van der Waals surface area (Å²) in [5.41, 5.74) is 0.742. The Bertz CT molecular complexity index is 466. The summed E-state index contributed by atoms with van der Waals surface area (Å²) in [5.74, 6) is -1.43. The minimum atomic E-state index is -1.02. The fourth-order valence-electron chi connectivity index (χ4n) is 1.97. The van der Waals surface area contributed by atoms with E-state index in [0.29, 0.717) is 12.1 Å². The van der Waals surface area contributed by atoms with Crippen LogP contribution in [0.1, 0.15) is 43.6 Å². The molecule has 0 bridgehead atoms. The number of rotatable bonds is 4. The molecule has 0 heterocycles. The van der Waals surface area contributed by atoms with E-state index < -0.39 is 11.8 Å². The Morgan fingerprint density at radius 2 is 2.00 bits per heavy atom. The Hall–Kier alpha value is -1.42. The second kappa shape index (κ2) is 5.70. The minimum absolute atomic E-state index is 0.0749. The van der Waals surface area contributed by atoms with Gasteiger partial charge in [0.2, 0.25) is 0 Å². The third-order valence-electron chi connectivity index (χ3n) is 3.63. The maximum absolute atomic E-state index is 13.3. The molecule has 0 aromatic heterocycles. The minimum Gasteiger partial charge on any atom is -0.478 e. The van der Waals surface area contributed by atoms with Gasteiger partial charge in [-0.05, 0) is 43.1 Å². The molecule has 1 aromatic carbocycles. The molecule has 0 radical (unpaired) electrons. The number of carboxylic acid groups (broad SMARTS) is 1. The second-order valence-electron chi connectivity index (χ2n) is 6.06. The zero-order chi connectivity index (χ0) is 14.8. The predicted octanol–water partition coefficient (Wildman–Crippen LogP) is 3.39. The van der Waals surface area contributed by atoms with Crippen molar-refractivity contribution in [3.63, 3.8) is 0 Å². The normalized spacial score (nSPS) is 13.6. The summed E-state index contributed by atoms with van der Waals surface area (Å²) in [6.07, 6.45) is 0. The lowest BCUT2D eigenvalue weighted by molar-refractivity contribution is 0.0693. The Labute approximate surface area is 114 Å². The number of nitrogens with zero attached hydrogens (tertiary/aromatic N) is 1. The molecule has 1 unspecified atom stereocenters. The van der Waals surface area contributed by atoms with E-state index in [1.165, 1.54) is 18.2 Å². The number of hydrogen-bond acceptors (Lipinski definition) is 2. The standard InChI is InChI=1S/C15H22FNO2/c1-10(15(2,3)4)17(5)9-11-8-12(16)6-7-13(11)14(18)19/h6-8,10H,9H2,1-5H3,(H,18,19). The second-order valence-corrected chi connectivity index (χ2v) is 6.06. The van der Waals surface area contributed by atoms with Crippen molar-refractivity contribution in [1.29, 1.82) is 0 Å². The molecule has 0 spiro atoms. The van der Waals surface area contributed by atoms with E-state index in [9.17, 15) is 9.18 Å². The molecule has 0 fully saturated rings. The molecule has 1 rings (SSSR count). The summed E-state index contributed by atoms with van der Waals surface area (Å²) in [4.78, 5) is 13.2. The summed E-state index contributed by atoms with van der Waals surface area (Å²) in [5, 5.41) is 9.13. The smallest absolute Gasteiger partial charge is 0.336 e. The maximum atomic E-state index is 13.3. The van der Waals surface area contributed by atoms with E-state index in [-0.39, 0.29) is 17.0 Å². The number of hydrogen-bond donors (Lipinski definition) is 1. The lowest BCUT2D eigenvalue weighted by Crippen LogP contribution is -2.39. The van der Waals surface area contributed by atoms with Crippen LogP contribution in [0.3, 0.4) is 0 Å². The van der Waals surface area contributed by atoms with Gasteiger partial charge in [-0.3, -0.25) is 4.90 Å². The highest BCUT2D eigenvalue weighted by Gasteiger charge is 2.24. The zero-order valence-electron chi connectivity index (χ0n) is 12.2. The highest BCUT2D eigenvalue weighted by atomic mass is 19.1. The van der Waals surface area contributed by atoms with E-state index in [0.717, 1.165) is 0 Å². The Morgan fingerprint density at radius 1 is 1.42 bits per heavy atom. The van der Waals surface area contributed by atoms with Crippen LogP contribution in [0.2, 0.25) is 0 Å². The van der Waals surface area contributed by atoms with Crippen molar-refractivity contribution >= 4 is 5.97 Å². The predicted molar refractivity (Wildman–Crippen MR) is 73.7 cm³/mol. The van der Waals surface area contributed by atoms with Gasteiger partial charge in [-0.25, -0.2) is 9.18 Å². The zero-order valence-corrected chi connectivity index (χ0v) is 12.2. The van der Waals surface area contributed by atoms with Crippen LogP contribution < -0.4 is 0 Å². The molecule has 1 N–H and O–H groups in total. The Kier molecular flexibility index (Phi) is 4.69. The molecule has 0 aliphatic heterocycles. The summed E-state index contributed by atoms with van der Waals surface area (Å²) in [6.45, 7) is 8.87. The molecular formula is C15H22FNO2. The van der Waals surface area contributed by atoms with E-state index >= 15 is 0 Å². The van der Waals surface area contributed by atoms with Crippen molar-refractivity contribution in [2.45, 2.75) is 40.3 Å². The van der Waals surface area contributed by atoms with E-state index in [4.69, 9.17) is 5.11 Å². The van der Waals surface area contributed by atoms with Crippen LogP contribution in [0.4, 0.5) is 4.39 Å². The van der Waals surface area contributed by atoms with Gasteiger partial charge >= 0.3 is 5.97 Å². The average molecular weight is 267 g/mol. The topological polar surface area (TPSA) is 40.5 Å². The molecule has 0 amide bonds. The third-order valence-corrected chi connectivity index (χ3v) is 3.63. The van der Waals surface area contributed by atoms with Crippen LogP contribution in [0.15, 0.2) is 18.2 Å². The van der Waals surface area contributed by atoms with Crippen LogP contribution >= 0.6 is 0 Å². The van der Waals surface area contributed by atoms with Gasteiger partial charge in [-0.15, -0.1) is 0 Å². The van der Waals surface area contributed by atoms with Crippen LogP contribution in [0.5, 0.6) is 0 Å². The van der Waals surface area contributed by atoms with Gasteiger partial charge < -0.3 is 5.11 Å². The number of benzene rings is 1. The summed E-state index contributed by atoms with van der Waals surface area (Å²) < 4.78 is 13.3. The monoisotopic (exact) mass is 267 g/mol. The van der Waals surface area contributed by atoms with Gasteiger partial charge in [0.25, 0.3) is 0 Å². The molecule has 19 heavy (non-hydrogen) atoms. The van der Waals surface area contributed by atoms with Crippen LogP contribution in [0.25, 0.3) is 0 Å². The quantitative estimate of drug-likeness (QED) is 0.909. The fourth-order valence-corrected chi connectivity index (χ4v) is 1.97. The lowest BCUT2D eigenvalue weighted by atomic mass is 9.87. The third kappa shape index (κ3) is 4.03. The first kappa shape index (κ1) is 15.6. The summed E-state index contributed by atoms with van der Waals surface area (Å²) in [6, 6.07) is 4.05. The number of aromatic carboxylic acids is 1. The first-order chi connectivity index (χ1) is 8.62. The molecule has 0 aliphatic rings. The SMILES string of the molecule is CC(N(C)Cc1cc(F)ccc1C(=O)O)C(C)(C)C. The lowest BCUT2D eigenvalue weighted by Gasteiger charge is -2.35. The highest BCUT2D eigenvalue weighted by Crippen LogP contribution is 2.25. The van der Waals surface area contributed by atoms with E-state index in [1.807, 2.05) is 11.9 Å². The molecule has 1 atom stereocenters. The first-order valence-corrected chi connectivity index (χ1v) is 6.35. The van der Waals surface area contributed by atoms with Gasteiger partial charge in [0.1, 0.15) is 5.82 Å². The maximum Gasteiger partial charge on any atom is 0.336 e. The van der Waals surface area contributed by atoms with Gasteiger partial charge in [0, 0.05) is 12.6 Å². The number of carbonyl (C=O) groups is 1. The number of halogens is 1. The molecule has 0 saturated heterocycles. The van der Waals surface area contributed by atoms with Crippen molar-refractivity contribution in [3.05, 3.63) is 35.1 Å². The molecule has 0 saturated carbocycles. The van der Waals surface area contributed by atoms with Crippen molar-refractivity contribution in [2.75, 3.05) is 7.05 Å². The molecule has 4 heteroatoms. The van der Waals surface area contributed by atoms with Crippen molar-refractivity contribution in [1.82, 2.24) is 4.90 Å². The average Bonchev–Trinajstić information content (AvgIpc) is 2.26. The van der Waals surface area contributed by atoms with Crippen molar-refractivity contribution in [2.24, 2.45) is 5.41 Å². The van der Waals surface area contributed by atoms with Crippen molar-refractivity contribution in [3.8, 4) is 0 Å². The summed E-state index contributed by atoms with van der Waals surface area (Å²) in [7, 11) is 1.92. The molecule has 0 aliphatic carbocycles. The molecule has 3 nitrogen and oxygen atoms in total. The Morgan fingerprint density at radius 3 is 2.47 bits per heavy atom. The molecule has 106 valence electrons. The van der Waals surface area contributed by atoms with Gasteiger partial charge in [0.05, 0.1) is 5.56 Å². The summed E-state index contributed by atoms with van der Waals surface area (Å²) >= 11 is 0. The molecule has 1 aromatic rings. The van der Waals surface area contributed by atoms with E-state index in [2.05, 4.69) is 27.7 Å². The fraction of sp³-hybridized carbons (Fsp3) is 0.533. The van der Waals surface area contributed by atoms with Gasteiger partial charge in [-0.2, -0.15) is 0 Å². The first-order valence-electron chi connectivity index (χ1n) is 6.35.